The average molecular weight is 517 g/mol. The van der Waals surface area contributed by atoms with Crippen molar-refractivity contribution in [2.75, 3.05) is 46.9 Å². The summed E-state index contributed by atoms with van der Waals surface area (Å²) in [6.07, 6.45) is 5.69. The Hall–Kier alpha value is -0.860. The Morgan fingerprint density at radius 2 is 1.86 bits per heavy atom. The van der Waals surface area contributed by atoms with E-state index >= 15 is 0 Å². The van der Waals surface area contributed by atoms with Crippen LogP contribution in [0, 0.1) is 0 Å². The van der Waals surface area contributed by atoms with Gasteiger partial charge in [-0.1, -0.05) is 38.1 Å². The second-order valence-electron chi connectivity index (χ2n) is 8.11. The van der Waals surface area contributed by atoms with E-state index in [2.05, 4.69) is 58.6 Å². The molecule has 1 heterocycles. The predicted molar refractivity (Wildman–Crippen MR) is 135 cm³/mol. The van der Waals surface area contributed by atoms with Gasteiger partial charge in [0.2, 0.25) is 0 Å². The van der Waals surface area contributed by atoms with Crippen molar-refractivity contribution < 1.29 is 4.74 Å². The van der Waals surface area contributed by atoms with Crippen LogP contribution in [-0.2, 0) is 11.2 Å². The third-order valence-corrected chi connectivity index (χ3v) is 5.56. The fourth-order valence-electron chi connectivity index (χ4n) is 3.69. The van der Waals surface area contributed by atoms with Gasteiger partial charge in [0, 0.05) is 53.0 Å². The van der Waals surface area contributed by atoms with Crippen molar-refractivity contribution in [2.24, 2.45) is 4.99 Å². The topological polar surface area (TPSA) is 48.9 Å². The molecule has 6 heteroatoms. The van der Waals surface area contributed by atoms with Crippen LogP contribution in [0.25, 0.3) is 0 Å². The first-order valence-corrected chi connectivity index (χ1v) is 10.9. The van der Waals surface area contributed by atoms with Gasteiger partial charge in [0.05, 0.1) is 0 Å². The average Bonchev–Trinajstić information content (AvgIpc) is 2.72. The van der Waals surface area contributed by atoms with Crippen LogP contribution in [0.15, 0.2) is 29.3 Å². The summed E-state index contributed by atoms with van der Waals surface area (Å²) in [5.74, 6) is 1.54. The molecule has 0 radical (unpaired) electrons. The van der Waals surface area contributed by atoms with Crippen molar-refractivity contribution in [3.05, 3.63) is 35.4 Å². The van der Waals surface area contributed by atoms with E-state index in [1.807, 2.05) is 7.05 Å². The molecule has 0 unspecified atom stereocenters. The minimum absolute atomic E-state index is 0. The van der Waals surface area contributed by atoms with Gasteiger partial charge in [-0.3, -0.25) is 4.99 Å². The number of nitrogens with zero attached hydrogens (tertiary/aromatic N) is 2. The van der Waals surface area contributed by atoms with E-state index in [4.69, 9.17) is 4.74 Å². The molecule has 0 aromatic heterocycles. The van der Waals surface area contributed by atoms with Crippen LogP contribution in [0.3, 0.4) is 0 Å². The van der Waals surface area contributed by atoms with E-state index in [1.54, 1.807) is 7.11 Å². The highest BCUT2D eigenvalue weighted by Crippen LogP contribution is 2.15. The molecule has 1 saturated heterocycles. The van der Waals surface area contributed by atoms with Crippen molar-refractivity contribution in [2.45, 2.75) is 57.9 Å². The number of ether oxygens (including phenoxy) is 1. The summed E-state index contributed by atoms with van der Waals surface area (Å²) in [5, 5.41) is 7.08. The third kappa shape index (κ3) is 10.1. The minimum Gasteiger partial charge on any atom is -0.385 e. The molecule has 1 fully saturated rings. The molecule has 166 valence electrons. The van der Waals surface area contributed by atoms with Crippen molar-refractivity contribution >= 4 is 29.9 Å². The number of nitrogens with one attached hydrogen (secondary N) is 2. The van der Waals surface area contributed by atoms with E-state index in [1.165, 1.54) is 24.0 Å². The van der Waals surface area contributed by atoms with Crippen LogP contribution in [0.4, 0.5) is 0 Å². The van der Waals surface area contributed by atoms with Gasteiger partial charge in [0.15, 0.2) is 5.96 Å². The molecule has 0 amide bonds. The lowest BCUT2D eigenvalue weighted by atomic mass is 10.0. The maximum absolute atomic E-state index is 5.15. The molecule has 1 aliphatic rings. The zero-order valence-electron chi connectivity index (χ0n) is 18.7. The molecular formula is C23H41IN4O. The van der Waals surface area contributed by atoms with Gasteiger partial charge in [0.25, 0.3) is 0 Å². The highest BCUT2D eigenvalue weighted by Gasteiger charge is 2.19. The second kappa shape index (κ2) is 15.0. The Morgan fingerprint density at radius 3 is 2.45 bits per heavy atom. The van der Waals surface area contributed by atoms with Crippen LogP contribution < -0.4 is 10.6 Å². The molecule has 5 nitrogen and oxygen atoms in total. The first-order chi connectivity index (χ1) is 13.6. The summed E-state index contributed by atoms with van der Waals surface area (Å²) >= 11 is 0. The SMILES string of the molecule is CN=C(NCCCc1ccc(C(C)C)cc1)NC1CCN(CCCOC)CC1.I. The highest BCUT2D eigenvalue weighted by molar-refractivity contribution is 14.0. The molecule has 1 aromatic rings. The molecular weight excluding hydrogens is 475 g/mol. The van der Waals surface area contributed by atoms with Gasteiger partial charge >= 0.3 is 0 Å². The van der Waals surface area contributed by atoms with Gasteiger partial charge in [0.1, 0.15) is 0 Å². The number of rotatable bonds is 10. The largest absolute Gasteiger partial charge is 0.385 e. The maximum Gasteiger partial charge on any atom is 0.191 e. The lowest BCUT2D eigenvalue weighted by Crippen LogP contribution is -2.49. The molecule has 0 spiro atoms. The van der Waals surface area contributed by atoms with E-state index in [9.17, 15) is 0 Å². The molecule has 0 aliphatic carbocycles. The summed E-state index contributed by atoms with van der Waals surface area (Å²) in [7, 11) is 3.64. The standard InChI is InChI=1S/C23H40N4O.HI/c1-19(2)21-10-8-20(9-11-21)7-5-14-25-23(24-3)26-22-12-16-27(17-13-22)15-6-18-28-4;/h8-11,19,22H,5-7,12-18H2,1-4H3,(H2,24,25,26);1H. The highest BCUT2D eigenvalue weighted by atomic mass is 127. The molecule has 2 N–H and O–H groups in total. The third-order valence-electron chi connectivity index (χ3n) is 5.56. The van der Waals surface area contributed by atoms with E-state index in [0.717, 1.165) is 58.0 Å². The van der Waals surface area contributed by atoms with E-state index < -0.39 is 0 Å². The van der Waals surface area contributed by atoms with Gasteiger partial charge in [-0.15, -0.1) is 24.0 Å². The van der Waals surface area contributed by atoms with Gasteiger partial charge in [-0.25, -0.2) is 0 Å². The summed E-state index contributed by atoms with van der Waals surface area (Å²) in [4.78, 5) is 6.94. The zero-order chi connectivity index (χ0) is 20.2. The van der Waals surface area contributed by atoms with Gasteiger partial charge < -0.3 is 20.3 Å². The van der Waals surface area contributed by atoms with Crippen LogP contribution >= 0.6 is 24.0 Å². The summed E-state index contributed by atoms with van der Waals surface area (Å²) in [5.41, 5.74) is 2.83. The molecule has 1 aliphatic heterocycles. The fraction of sp³-hybridized carbons (Fsp3) is 0.696. The van der Waals surface area contributed by atoms with Crippen molar-refractivity contribution in [3.8, 4) is 0 Å². The Balaban J connectivity index is 0.00000420. The summed E-state index contributed by atoms with van der Waals surface area (Å²) in [6.45, 7) is 9.74. The lowest BCUT2D eigenvalue weighted by Gasteiger charge is -2.33. The van der Waals surface area contributed by atoms with Crippen LogP contribution in [0.1, 0.15) is 56.6 Å². The molecule has 0 saturated carbocycles. The molecule has 1 aromatic carbocycles. The van der Waals surface area contributed by atoms with Crippen molar-refractivity contribution in [1.82, 2.24) is 15.5 Å². The van der Waals surface area contributed by atoms with Crippen molar-refractivity contribution in [1.29, 1.82) is 0 Å². The number of methoxy groups -OCH3 is 1. The van der Waals surface area contributed by atoms with Crippen LogP contribution in [0.5, 0.6) is 0 Å². The van der Waals surface area contributed by atoms with Crippen LogP contribution in [0.2, 0.25) is 0 Å². The number of likely N-dealkylation sites (tertiary alicyclic amines) is 1. The Bertz CT molecular complexity index is 569. The summed E-state index contributed by atoms with van der Waals surface area (Å²) in [6, 6.07) is 9.57. The van der Waals surface area contributed by atoms with Crippen molar-refractivity contribution in [3.63, 3.8) is 0 Å². The van der Waals surface area contributed by atoms with Crippen LogP contribution in [-0.4, -0.2) is 63.8 Å². The predicted octanol–water partition coefficient (Wildman–Crippen LogP) is 4.03. The van der Waals surface area contributed by atoms with Gasteiger partial charge in [-0.05, 0) is 49.1 Å². The monoisotopic (exact) mass is 516 g/mol. The smallest absolute Gasteiger partial charge is 0.191 e. The number of hydrogen-bond acceptors (Lipinski definition) is 3. The molecule has 0 bridgehead atoms. The number of halogens is 1. The fourth-order valence-corrected chi connectivity index (χ4v) is 3.69. The normalized spacial score (nSPS) is 16.0. The first kappa shape index (κ1) is 26.2. The van der Waals surface area contributed by atoms with Gasteiger partial charge in [-0.2, -0.15) is 0 Å². The second-order valence-corrected chi connectivity index (χ2v) is 8.11. The number of piperidine rings is 1. The number of benzene rings is 1. The molecule has 29 heavy (non-hydrogen) atoms. The summed E-state index contributed by atoms with van der Waals surface area (Å²) < 4.78 is 5.15. The quantitative estimate of drug-likeness (QED) is 0.214. The zero-order valence-corrected chi connectivity index (χ0v) is 21.1. The van der Waals surface area contributed by atoms with E-state index in [-0.39, 0.29) is 24.0 Å². The maximum atomic E-state index is 5.15. The minimum atomic E-state index is 0. The number of guanidine groups is 1. The Morgan fingerprint density at radius 1 is 1.17 bits per heavy atom. The first-order valence-electron chi connectivity index (χ1n) is 10.9. The number of aryl methyl sites for hydroxylation is 1. The molecule has 2 rings (SSSR count). The van der Waals surface area contributed by atoms with E-state index in [0.29, 0.717) is 12.0 Å². The number of hydrogen-bond donors (Lipinski definition) is 2. The Kier molecular flexibility index (Phi) is 13.6. The molecule has 0 atom stereocenters. The lowest BCUT2D eigenvalue weighted by molar-refractivity contribution is 0.155. The number of aliphatic imine (C=N–C) groups is 1. The Labute approximate surface area is 195 Å².